The molecule has 0 bridgehead atoms. The normalized spacial score (nSPS) is 10.4. The van der Waals surface area contributed by atoms with E-state index in [1.807, 2.05) is 6.07 Å². The van der Waals surface area contributed by atoms with Gasteiger partial charge in [-0.25, -0.2) is 4.98 Å². The van der Waals surface area contributed by atoms with Crippen LogP contribution < -0.4 is 15.6 Å². The first-order chi connectivity index (χ1) is 11.6. The van der Waals surface area contributed by atoms with Crippen molar-refractivity contribution in [2.75, 3.05) is 7.11 Å². The van der Waals surface area contributed by atoms with E-state index in [-0.39, 0.29) is 0 Å². The van der Waals surface area contributed by atoms with Crippen molar-refractivity contribution in [1.29, 1.82) is 0 Å². The summed E-state index contributed by atoms with van der Waals surface area (Å²) in [6, 6.07) is 12.2. The van der Waals surface area contributed by atoms with Crippen LogP contribution in [0, 0.1) is 6.92 Å². The van der Waals surface area contributed by atoms with Gasteiger partial charge in [-0.2, -0.15) is 0 Å². The second-order valence-electron chi connectivity index (χ2n) is 5.08. The summed E-state index contributed by atoms with van der Waals surface area (Å²) in [6.45, 7) is 1.74. The van der Waals surface area contributed by atoms with Crippen molar-refractivity contribution in [3.8, 4) is 5.75 Å². The Morgan fingerprint density at radius 1 is 1.04 bits per heavy atom. The zero-order chi connectivity index (χ0) is 17.1. The second kappa shape index (κ2) is 6.41. The number of amides is 2. The molecule has 2 amide bonds. The van der Waals surface area contributed by atoms with E-state index in [9.17, 15) is 9.59 Å². The molecule has 0 saturated carbocycles. The van der Waals surface area contributed by atoms with Crippen LogP contribution >= 0.6 is 0 Å². The molecule has 0 spiro atoms. The Morgan fingerprint density at radius 2 is 1.75 bits per heavy atom. The van der Waals surface area contributed by atoms with Crippen molar-refractivity contribution in [2.24, 2.45) is 0 Å². The van der Waals surface area contributed by atoms with E-state index in [1.54, 1.807) is 53.9 Å². The summed E-state index contributed by atoms with van der Waals surface area (Å²) in [5, 5.41) is 0. The Kier molecular flexibility index (Phi) is 4.15. The van der Waals surface area contributed by atoms with E-state index < -0.39 is 11.8 Å². The van der Waals surface area contributed by atoms with E-state index in [4.69, 9.17) is 4.74 Å². The van der Waals surface area contributed by atoms with E-state index in [0.29, 0.717) is 28.3 Å². The van der Waals surface area contributed by atoms with Crippen molar-refractivity contribution in [3.05, 3.63) is 65.6 Å². The molecular formula is C17H16N4O3. The van der Waals surface area contributed by atoms with Gasteiger partial charge in [0.15, 0.2) is 0 Å². The molecule has 2 N–H and O–H groups in total. The van der Waals surface area contributed by atoms with Crippen molar-refractivity contribution in [1.82, 2.24) is 20.2 Å². The van der Waals surface area contributed by atoms with Gasteiger partial charge in [0.1, 0.15) is 17.1 Å². The number of hydrogen-bond acceptors (Lipinski definition) is 4. The molecule has 0 aliphatic carbocycles. The molecule has 0 aliphatic rings. The number of aryl methyl sites for hydroxylation is 1. The molecule has 0 aliphatic heterocycles. The maximum Gasteiger partial charge on any atom is 0.288 e. The Morgan fingerprint density at radius 3 is 2.54 bits per heavy atom. The van der Waals surface area contributed by atoms with Crippen molar-refractivity contribution in [2.45, 2.75) is 6.92 Å². The van der Waals surface area contributed by atoms with Gasteiger partial charge in [-0.15, -0.1) is 0 Å². The zero-order valence-corrected chi connectivity index (χ0v) is 13.2. The van der Waals surface area contributed by atoms with Gasteiger partial charge in [0, 0.05) is 6.20 Å². The lowest BCUT2D eigenvalue weighted by atomic mass is 10.2. The van der Waals surface area contributed by atoms with Crippen LogP contribution in [0.4, 0.5) is 0 Å². The number of pyridine rings is 1. The summed E-state index contributed by atoms with van der Waals surface area (Å²) in [5.74, 6) is -0.489. The van der Waals surface area contributed by atoms with Gasteiger partial charge in [-0.05, 0) is 31.2 Å². The van der Waals surface area contributed by atoms with Crippen molar-refractivity contribution in [3.63, 3.8) is 0 Å². The third-order valence-electron chi connectivity index (χ3n) is 3.56. The summed E-state index contributed by atoms with van der Waals surface area (Å²) < 4.78 is 6.80. The SMILES string of the molecule is COc1ccccc1C(=O)NNC(=O)c1c(C)nc2ccccn12. The summed E-state index contributed by atoms with van der Waals surface area (Å²) in [6.07, 6.45) is 1.74. The molecule has 2 heterocycles. The lowest BCUT2D eigenvalue weighted by Crippen LogP contribution is -2.42. The molecule has 0 fully saturated rings. The minimum atomic E-state index is -0.465. The topological polar surface area (TPSA) is 84.7 Å². The predicted molar refractivity (Wildman–Crippen MR) is 87.9 cm³/mol. The number of methoxy groups -OCH3 is 1. The van der Waals surface area contributed by atoms with Crippen LogP contribution in [0.25, 0.3) is 5.65 Å². The van der Waals surface area contributed by atoms with E-state index >= 15 is 0 Å². The van der Waals surface area contributed by atoms with E-state index in [1.165, 1.54) is 7.11 Å². The molecule has 24 heavy (non-hydrogen) atoms. The molecule has 7 heteroatoms. The number of carbonyl (C=O) groups is 2. The zero-order valence-electron chi connectivity index (χ0n) is 13.2. The first-order valence-electron chi connectivity index (χ1n) is 7.29. The number of hydrogen-bond donors (Lipinski definition) is 2. The molecule has 0 unspecified atom stereocenters. The number of rotatable bonds is 3. The number of para-hydroxylation sites is 1. The average molecular weight is 324 g/mol. The molecule has 1 aromatic carbocycles. The number of imidazole rings is 1. The summed E-state index contributed by atoms with van der Waals surface area (Å²) in [7, 11) is 1.48. The molecule has 3 aromatic rings. The Labute approximate surface area is 138 Å². The van der Waals surface area contributed by atoms with Crippen LogP contribution in [0.2, 0.25) is 0 Å². The number of aromatic nitrogens is 2. The van der Waals surface area contributed by atoms with Gasteiger partial charge in [0.2, 0.25) is 0 Å². The number of ether oxygens (including phenoxy) is 1. The molecule has 2 aromatic heterocycles. The highest BCUT2D eigenvalue weighted by molar-refractivity contribution is 6.00. The number of nitrogens with zero attached hydrogens (tertiary/aromatic N) is 2. The third-order valence-corrected chi connectivity index (χ3v) is 3.56. The summed E-state index contributed by atoms with van der Waals surface area (Å²) in [5.41, 5.74) is 6.74. The predicted octanol–water partition coefficient (Wildman–Crippen LogP) is 1.73. The van der Waals surface area contributed by atoms with Gasteiger partial charge < -0.3 is 4.74 Å². The standard InChI is InChI=1S/C17H16N4O3/c1-11-15(21-10-6-5-9-14(21)18-11)17(23)20-19-16(22)12-7-3-4-8-13(12)24-2/h3-10H,1-2H3,(H,19,22)(H,20,23). The van der Waals surface area contributed by atoms with Gasteiger partial charge in [-0.3, -0.25) is 24.8 Å². The van der Waals surface area contributed by atoms with Crippen LogP contribution in [-0.2, 0) is 0 Å². The van der Waals surface area contributed by atoms with Crippen LogP contribution in [0.1, 0.15) is 26.5 Å². The Hall–Kier alpha value is -3.35. The fraction of sp³-hybridized carbons (Fsp3) is 0.118. The Balaban J connectivity index is 1.78. The van der Waals surface area contributed by atoms with Crippen molar-refractivity contribution >= 4 is 17.5 Å². The molecule has 0 atom stereocenters. The minimum absolute atomic E-state index is 0.329. The fourth-order valence-corrected chi connectivity index (χ4v) is 2.46. The maximum absolute atomic E-state index is 12.4. The maximum atomic E-state index is 12.4. The van der Waals surface area contributed by atoms with Crippen LogP contribution in [0.3, 0.4) is 0 Å². The first kappa shape index (κ1) is 15.5. The van der Waals surface area contributed by atoms with Gasteiger partial charge in [0.05, 0.1) is 18.4 Å². The lowest BCUT2D eigenvalue weighted by molar-refractivity contribution is 0.0841. The monoisotopic (exact) mass is 324 g/mol. The molecule has 122 valence electrons. The number of fused-ring (bicyclic) bond motifs is 1. The van der Waals surface area contributed by atoms with Crippen molar-refractivity contribution < 1.29 is 14.3 Å². The number of hydrazine groups is 1. The molecular weight excluding hydrogens is 308 g/mol. The summed E-state index contributed by atoms with van der Waals surface area (Å²) >= 11 is 0. The quantitative estimate of drug-likeness (QED) is 0.719. The molecule has 7 nitrogen and oxygen atoms in total. The lowest BCUT2D eigenvalue weighted by Gasteiger charge is -2.10. The molecule has 0 saturated heterocycles. The van der Waals surface area contributed by atoms with E-state index in [2.05, 4.69) is 15.8 Å². The summed E-state index contributed by atoms with van der Waals surface area (Å²) in [4.78, 5) is 28.9. The average Bonchev–Trinajstić information content (AvgIpc) is 2.95. The number of benzene rings is 1. The molecule has 3 rings (SSSR count). The van der Waals surface area contributed by atoms with Crippen LogP contribution in [0.15, 0.2) is 48.7 Å². The van der Waals surface area contributed by atoms with Crippen LogP contribution in [0.5, 0.6) is 5.75 Å². The van der Waals surface area contributed by atoms with Gasteiger partial charge in [-0.1, -0.05) is 18.2 Å². The molecule has 0 radical (unpaired) electrons. The second-order valence-corrected chi connectivity index (χ2v) is 5.08. The number of carbonyl (C=O) groups excluding carboxylic acids is 2. The highest BCUT2D eigenvalue weighted by atomic mass is 16.5. The smallest absolute Gasteiger partial charge is 0.288 e. The highest BCUT2D eigenvalue weighted by Gasteiger charge is 2.18. The van der Waals surface area contributed by atoms with Crippen LogP contribution in [-0.4, -0.2) is 28.3 Å². The minimum Gasteiger partial charge on any atom is -0.496 e. The first-order valence-corrected chi connectivity index (χ1v) is 7.29. The van der Waals surface area contributed by atoms with Gasteiger partial charge in [0.25, 0.3) is 11.8 Å². The third kappa shape index (κ3) is 2.79. The Bertz CT molecular complexity index is 917. The van der Waals surface area contributed by atoms with E-state index in [0.717, 1.165) is 0 Å². The van der Waals surface area contributed by atoms with Gasteiger partial charge >= 0.3 is 0 Å². The number of nitrogens with one attached hydrogen (secondary N) is 2. The largest absolute Gasteiger partial charge is 0.496 e. The fourth-order valence-electron chi connectivity index (χ4n) is 2.46. The highest BCUT2D eigenvalue weighted by Crippen LogP contribution is 2.16.